The fourth-order valence-corrected chi connectivity index (χ4v) is 6.62. The summed E-state index contributed by atoms with van der Waals surface area (Å²) in [4.78, 5) is 15.5. The Bertz CT molecular complexity index is 445. The lowest BCUT2D eigenvalue weighted by molar-refractivity contribution is -0.155. The van der Waals surface area contributed by atoms with Gasteiger partial charge in [-0.3, -0.25) is 4.79 Å². The third-order valence-electron chi connectivity index (χ3n) is 7.31. The van der Waals surface area contributed by atoms with Crippen molar-refractivity contribution >= 4 is 5.91 Å². The number of ether oxygens (including phenoxy) is 2. The maximum atomic E-state index is 13.3. The normalized spacial score (nSPS) is 46.5. The summed E-state index contributed by atoms with van der Waals surface area (Å²) >= 11 is 0. The fourth-order valence-electron chi connectivity index (χ4n) is 6.62. The second-order valence-electron chi connectivity index (χ2n) is 8.75. The number of carbonyl (C=O) groups excluding carboxylic acids is 1. The van der Waals surface area contributed by atoms with E-state index in [1.165, 1.54) is 32.1 Å². The van der Waals surface area contributed by atoms with Crippen LogP contribution in [0.3, 0.4) is 0 Å². The summed E-state index contributed by atoms with van der Waals surface area (Å²) in [5, 5.41) is 0. The Morgan fingerprint density at radius 2 is 1.52 bits per heavy atom. The molecule has 4 heteroatoms. The molecule has 0 aromatic carbocycles. The summed E-state index contributed by atoms with van der Waals surface area (Å²) in [5.41, 5.74) is 0. The minimum absolute atomic E-state index is 0.0656. The van der Waals surface area contributed by atoms with Crippen LogP contribution in [0.25, 0.3) is 0 Å². The number of likely N-dealkylation sites (tertiary alicyclic amines) is 1. The molecule has 128 valence electrons. The van der Waals surface area contributed by atoms with Crippen LogP contribution >= 0.6 is 0 Å². The van der Waals surface area contributed by atoms with E-state index in [9.17, 15) is 4.79 Å². The van der Waals surface area contributed by atoms with Crippen molar-refractivity contribution in [1.82, 2.24) is 4.90 Å². The van der Waals surface area contributed by atoms with Crippen LogP contribution in [0, 0.1) is 35.5 Å². The van der Waals surface area contributed by atoms with Gasteiger partial charge in [0.25, 0.3) is 0 Å². The molecular formula is C19H29NO3. The largest absolute Gasteiger partial charge is 0.350 e. The minimum Gasteiger partial charge on any atom is -0.350 e. The molecule has 4 aliphatic carbocycles. The Labute approximate surface area is 138 Å². The second-order valence-corrected chi connectivity index (χ2v) is 8.75. The van der Waals surface area contributed by atoms with E-state index in [1.54, 1.807) is 0 Å². The van der Waals surface area contributed by atoms with Crippen molar-refractivity contribution < 1.29 is 14.3 Å². The number of nitrogens with zero attached hydrogens (tertiary/aromatic N) is 1. The Hall–Kier alpha value is -0.610. The number of carbonyl (C=O) groups is 1. The Morgan fingerprint density at radius 3 is 2.17 bits per heavy atom. The van der Waals surface area contributed by atoms with Gasteiger partial charge in [0.1, 0.15) is 0 Å². The smallest absolute Gasteiger partial charge is 0.226 e. The van der Waals surface area contributed by atoms with Gasteiger partial charge in [0.05, 0.1) is 13.2 Å². The van der Waals surface area contributed by atoms with Gasteiger partial charge in [-0.25, -0.2) is 0 Å². The predicted octanol–water partition coefficient (Wildman–Crippen LogP) is 2.67. The number of amides is 1. The highest BCUT2D eigenvalue weighted by atomic mass is 16.7. The van der Waals surface area contributed by atoms with E-state index in [0.29, 0.717) is 42.8 Å². The first-order valence-electron chi connectivity index (χ1n) is 9.80. The molecule has 4 bridgehead atoms. The van der Waals surface area contributed by atoms with Crippen molar-refractivity contribution in [2.45, 2.75) is 51.2 Å². The molecule has 0 spiro atoms. The summed E-state index contributed by atoms with van der Waals surface area (Å²) in [7, 11) is 0. The number of rotatable bonds is 2. The van der Waals surface area contributed by atoms with Crippen LogP contribution in [-0.4, -0.2) is 43.4 Å². The topological polar surface area (TPSA) is 38.8 Å². The molecule has 6 fully saturated rings. The molecule has 0 N–H and O–H groups in total. The third-order valence-corrected chi connectivity index (χ3v) is 7.31. The summed E-state index contributed by atoms with van der Waals surface area (Å²) in [6.45, 7) is 3.23. The second kappa shape index (κ2) is 5.73. The van der Waals surface area contributed by atoms with Crippen LogP contribution in [0.5, 0.6) is 0 Å². The van der Waals surface area contributed by atoms with Gasteiger partial charge in [0.2, 0.25) is 5.91 Å². The molecule has 2 heterocycles. The van der Waals surface area contributed by atoms with E-state index in [4.69, 9.17) is 9.47 Å². The van der Waals surface area contributed by atoms with Crippen LogP contribution in [-0.2, 0) is 14.3 Å². The molecule has 0 aromatic rings. The molecule has 4 nitrogen and oxygen atoms in total. The van der Waals surface area contributed by atoms with Crippen molar-refractivity contribution in [2.24, 2.45) is 35.5 Å². The van der Waals surface area contributed by atoms with Crippen LogP contribution in [0.15, 0.2) is 0 Å². The van der Waals surface area contributed by atoms with E-state index >= 15 is 0 Å². The summed E-state index contributed by atoms with van der Waals surface area (Å²) in [5.74, 6) is 4.46. The molecule has 0 aromatic heterocycles. The van der Waals surface area contributed by atoms with Gasteiger partial charge >= 0.3 is 0 Å². The maximum absolute atomic E-state index is 13.3. The SMILES string of the molecule is O=C(C1C2CC3CC(C2)CC1C3)N1CCCC(C2OCCO2)C1. The standard InChI is InChI=1S/C19H29NO3/c21-18(17-15-7-12-6-13(9-15)10-16(17)8-12)20-3-1-2-14(11-20)19-22-4-5-23-19/h12-17,19H,1-11H2. The van der Waals surface area contributed by atoms with Crippen LogP contribution in [0.2, 0.25) is 0 Å². The monoisotopic (exact) mass is 319 g/mol. The Morgan fingerprint density at radius 1 is 0.870 bits per heavy atom. The lowest BCUT2D eigenvalue weighted by Crippen LogP contribution is -2.54. The lowest BCUT2D eigenvalue weighted by atomic mass is 9.51. The van der Waals surface area contributed by atoms with Crippen molar-refractivity contribution in [3.05, 3.63) is 0 Å². The van der Waals surface area contributed by atoms with Gasteiger partial charge in [-0.05, 0) is 68.6 Å². The number of hydrogen-bond acceptors (Lipinski definition) is 3. The molecule has 2 aliphatic heterocycles. The summed E-state index contributed by atoms with van der Waals surface area (Å²) in [6.07, 6.45) is 8.94. The van der Waals surface area contributed by atoms with Crippen LogP contribution in [0.1, 0.15) is 44.9 Å². The van der Waals surface area contributed by atoms with Crippen molar-refractivity contribution in [2.75, 3.05) is 26.3 Å². The first-order valence-corrected chi connectivity index (χ1v) is 9.80. The third kappa shape index (κ3) is 2.53. The van der Waals surface area contributed by atoms with Gasteiger partial charge in [0, 0.05) is 24.9 Å². The Kier molecular flexibility index (Phi) is 3.67. The molecule has 23 heavy (non-hydrogen) atoms. The summed E-state index contributed by atoms with van der Waals surface area (Å²) < 4.78 is 11.4. The first kappa shape index (κ1) is 14.7. The van der Waals surface area contributed by atoms with Crippen molar-refractivity contribution in [3.63, 3.8) is 0 Å². The average Bonchev–Trinajstić information content (AvgIpc) is 3.08. The highest BCUT2D eigenvalue weighted by Crippen LogP contribution is 2.57. The van der Waals surface area contributed by atoms with Crippen LogP contribution in [0.4, 0.5) is 0 Å². The van der Waals surface area contributed by atoms with Crippen molar-refractivity contribution in [3.8, 4) is 0 Å². The average molecular weight is 319 g/mol. The molecule has 4 saturated carbocycles. The highest BCUT2D eigenvalue weighted by molar-refractivity contribution is 5.80. The van der Waals surface area contributed by atoms with E-state index in [-0.39, 0.29) is 6.29 Å². The van der Waals surface area contributed by atoms with Crippen LogP contribution < -0.4 is 0 Å². The molecule has 6 rings (SSSR count). The molecule has 1 atom stereocenters. The van der Waals surface area contributed by atoms with E-state index in [2.05, 4.69) is 4.90 Å². The molecule has 1 unspecified atom stereocenters. The molecule has 6 aliphatic rings. The quantitative estimate of drug-likeness (QED) is 0.785. The highest BCUT2D eigenvalue weighted by Gasteiger charge is 2.52. The number of hydrogen-bond donors (Lipinski definition) is 0. The Balaban J connectivity index is 1.28. The molecular weight excluding hydrogens is 290 g/mol. The van der Waals surface area contributed by atoms with Crippen molar-refractivity contribution in [1.29, 1.82) is 0 Å². The predicted molar refractivity (Wildman–Crippen MR) is 85.5 cm³/mol. The molecule has 1 amide bonds. The zero-order valence-electron chi connectivity index (χ0n) is 14.0. The lowest BCUT2D eigenvalue weighted by Gasteiger charge is -2.54. The van der Waals surface area contributed by atoms with E-state index in [0.717, 1.165) is 37.8 Å². The number of piperidine rings is 1. The zero-order chi connectivity index (χ0) is 15.4. The van der Waals surface area contributed by atoms with Gasteiger partial charge < -0.3 is 14.4 Å². The van der Waals surface area contributed by atoms with Gasteiger partial charge in [-0.1, -0.05) is 0 Å². The van der Waals surface area contributed by atoms with Gasteiger partial charge in [-0.2, -0.15) is 0 Å². The molecule has 2 saturated heterocycles. The van der Waals surface area contributed by atoms with Gasteiger partial charge in [-0.15, -0.1) is 0 Å². The molecule has 0 radical (unpaired) electrons. The fraction of sp³-hybridized carbons (Fsp3) is 0.947. The van der Waals surface area contributed by atoms with E-state index < -0.39 is 0 Å². The zero-order valence-corrected chi connectivity index (χ0v) is 14.0. The first-order chi connectivity index (χ1) is 11.3. The maximum Gasteiger partial charge on any atom is 0.226 e. The summed E-state index contributed by atoms with van der Waals surface area (Å²) in [6, 6.07) is 0. The minimum atomic E-state index is -0.0656. The van der Waals surface area contributed by atoms with E-state index in [1.807, 2.05) is 0 Å². The van der Waals surface area contributed by atoms with Gasteiger partial charge in [0.15, 0.2) is 6.29 Å².